The van der Waals surface area contributed by atoms with E-state index >= 15 is 0 Å². The van der Waals surface area contributed by atoms with Crippen LogP contribution in [0, 0.1) is 51.2 Å². The van der Waals surface area contributed by atoms with Crippen molar-refractivity contribution in [3.63, 3.8) is 0 Å². The Morgan fingerprint density at radius 2 is 1.55 bits per heavy atom. The van der Waals surface area contributed by atoms with Gasteiger partial charge in [-0.3, -0.25) is 0 Å². The lowest BCUT2D eigenvalue weighted by Gasteiger charge is -2.71. The van der Waals surface area contributed by atoms with Crippen LogP contribution in [0.15, 0.2) is 24.3 Å². The zero-order valence-electron chi connectivity index (χ0n) is 21.5. The van der Waals surface area contributed by atoms with Crippen LogP contribution in [0.1, 0.15) is 106 Å². The van der Waals surface area contributed by atoms with Gasteiger partial charge in [-0.2, -0.15) is 0 Å². The molecule has 9 atom stereocenters. The highest BCUT2D eigenvalue weighted by Gasteiger charge is 2.68. The molecule has 4 aliphatic carbocycles. The third kappa shape index (κ3) is 3.18. The molecule has 9 unspecified atom stereocenters. The summed E-state index contributed by atoms with van der Waals surface area (Å²) in [6, 6.07) is 0. The minimum Gasteiger partial charge on any atom is -0.396 e. The molecule has 0 spiro atoms. The molecule has 31 heavy (non-hydrogen) atoms. The van der Waals surface area contributed by atoms with Crippen molar-refractivity contribution in [2.75, 3.05) is 6.61 Å². The Morgan fingerprint density at radius 3 is 2.16 bits per heavy atom. The summed E-state index contributed by atoms with van der Waals surface area (Å²) in [5.74, 6) is 3.78. The smallest absolute Gasteiger partial charge is 0.0431 e. The molecule has 4 rings (SSSR count). The first-order valence-electron chi connectivity index (χ1n) is 13.4. The lowest BCUT2D eigenvalue weighted by atomic mass is 9.34. The minimum atomic E-state index is 0.278. The van der Waals surface area contributed by atoms with Gasteiger partial charge >= 0.3 is 0 Å². The maximum absolute atomic E-state index is 9.72. The first-order valence-corrected chi connectivity index (χ1v) is 13.4. The lowest BCUT2D eigenvalue weighted by Crippen LogP contribution is -2.63. The van der Waals surface area contributed by atoms with E-state index in [-0.39, 0.29) is 5.41 Å². The Hall–Kier alpha value is -0.560. The highest BCUT2D eigenvalue weighted by Crippen LogP contribution is 2.76. The number of hydrogen-bond donors (Lipinski definition) is 1. The summed E-state index contributed by atoms with van der Waals surface area (Å²) in [6.45, 7) is 24.4. The van der Waals surface area contributed by atoms with Gasteiger partial charge < -0.3 is 5.11 Å². The van der Waals surface area contributed by atoms with Gasteiger partial charge in [0.05, 0.1) is 0 Å². The summed E-state index contributed by atoms with van der Waals surface area (Å²) in [5, 5.41) is 9.72. The zero-order chi connectivity index (χ0) is 22.8. The van der Waals surface area contributed by atoms with Gasteiger partial charge in [0.2, 0.25) is 0 Å². The average Bonchev–Trinajstić information content (AvgIpc) is 3.05. The van der Waals surface area contributed by atoms with Crippen LogP contribution >= 0.6 is 0 Å². The molecule has 0 aliphatic heterocycles. The van der Waals surface area contributed by atoms with E-state index < -0.39 is 0 Å². The van der Waals surface area contributed by atoms with Gasteiger partial charge in [-0.25, -0.2) is 0 Å². The Labute approximate surface area is 193 Å². The average molecular weight is 427 g/mol. The van der Waals surface area contributed by atoms with E-state index in [0.29, 0.717) is 28.8 Å². The Balaban J connectivity index is 1.75. The van der Waals surface area contributed by atoms with Crippen molar-refractivity contribution in [2.24, 2.45) is 51.2 Å². The SMILES string of the molecule is C=C(C)C1CCC2(C)CCC3(C)C(CCC4C(C)(CCCO)C(C(=C)C)CCC43C)C12. The highest BCUT2D eigenvalue weighted by atomic mass is 16.2. The molecule has 176 valence electrons. The second kappa shape index (κ2) is 7.75. The fourth-order valence-electron chi connectivity index (χ4n) is 10.5. The van der Waals surface area contributed by atoms with Crippen molar-refractivity contribution < 1.29 is 5.11 Å². The summed E-state index contributed by atoms with van der Waals surface area (Å²) in [6.07, 6.45) is 13.1. The molecule has 0 saturated heterocycles. The normalized spacial score (nSPS) is 51.5. The molecule has 4 saturated carbocycles. The minimum absolute atomic E-state index is 0.278. The fourth-order valence-corrected chi connectivity index (χ4v) is 10.5. The molecular formula is C30H50O. The molecule has 0 aromatic rings. The van der Waals surface area contributed by atoms with Gasteiger partial charge in [-0.15, -0.1) is 0 Å². The molecule has 0 amide bonds. The second-order valence-corrected chi connectivity index (χ2v) is 13.5. The number of aliphatic hydroxyl groups is 1. The van der Waals surface area contributed by atoms with Gasteiger partial charge in [-0.05, 0) is 129 Å². The van der Waals surface area contributed by atoms with Crippen molar-refractivity contribution in [3.8, 4) is 0 Å². The van der Waals surface area contributed by atoms with Crippen LogP contribution in [-0.2, 0) is 0 Å². The van der Waals surface area contributed by atoms with Gasteiger partial charge in [0, 0.05) is 6.61 Å². The van der Waals surface area contributed by atoms with Crippen LogP contribution in [0.5, 0.6) is 0 Å². The van der Waals surface area contributed by atoms with Crippen molar-refractivity contribution in [1.82, 2.24) is 0 Å². The second-order valence-electron chi connectivity index (χ2n) is 13.5. The predicted octanol–water partition coefficient (Wildman–Crippen LogP) is 8.19. The number of allylic oxidation sites excluding steroid dienone is 2. The molecule has 1 N–H and O–H groups in total. The Bertz CT molecular complexity index is 737. The molecule has 4 fully saturated rings. The van der Waals surface area contributed by atoms with E-state index in [1.54, 1.807) is 0 Å². The number of rotatable bonds is 5. The van der Waals surface area contributed by atoms with Crippen molar-refractivity contribution in [1.29, 1.82) is 0 Å². The number of hydrogen-bond acceptors (Lipinski definition) is 1. The predicted molar refractivity (Wildman–Crippen MR) is 133 cm³/mol. The lowest BCUT2D eigenvalue weighted by molar-refractivity contribution is -0.214. The quantitative estimate of drug-likeness (QED) is 0.439. The first kappa shape index (κ1) is 23.6. The standard InChI is InChI=1S/C30H50O/c1-20(2)22-12-15-27(5)17-18-29(7)24(26(22)27)10-11-25-28(6,14-9-19-31)23(21(3)4)13-16-30(25,29)8/h22-26,31H,1,3,9-19H2,2,4-8H3. The highest BCUT2D eigenvalue weighted by molar-refractivity contribution is 5.21. The van der Waals surface area contributed by atoms with E-state index in [0.717, 1.165) is 36.5 Å². The maximum atomic E-state index is 9.72. The van der Waals surface area contributed by atoms with Crippen LogP contribution in [-0.4, -0.2) is 11.7 Å². The fraction of sp³-hybridized carbons (Fsp3) is 0.867. The largest absolute Gasteiger partial charge is 0.396 e. The molecule has 1 heteroatoms. The summed E-state index contributed by atoms with van der Waals surface area (Å²) < 4.78 is 0. The van der Waals surface area contributed by atoms with Crippen LogP contribution in [0.2, 0.25) is 0 Å². The van der Waals surface area contributed by atoms with Crippen LogP contribution in [0.3, 0.4) is 0 Å². The van der Waals surface area contributed by atoms with E-state index in [1.807, 2.05) is 0 Å². The molecule has 0 bridgehead atoms. The number of aliphatic hydroxyl groups excluding tert-OH is 1. The summed E-state index contributed by atoms with van der Waals surface area (Å²) >= 11 is 0. The zero-order valence-corrected chi connectivity index (χ0v) is 21.5. The van der Waals surface area contributed by atoms with Crippen LogP contribution in [0.4, 0.5) is 0 Å². The monoisotopic (exact) mass is 426 g/mol. The van der Waals surface area contributed by atoms with Gasteiger partial charge in [0.1, 0.15) is 0 Å². The van der Waals surface area contributed by atoms with Crippen LogP contribution in [0.25, 0.3) is 0 Å². The summed E-state index contributed by atoms with van der Waals surface area (Å²) in [4.78, 5) is 0. The van der Waals surface area contributed by atoms with E-state index in [1.165, 1.54) is 62.5 Å². The summed E-state index contributed by atoms with van der Waals surface area (Å²) in [5.41, 5.74) is 4.47. The molecule has 4 aliphatic rings. The van der Waals surface area contributed by atoms with Gasteiger partial charge in [0.25, 0.3) is 0 Å². The first-order chi connectivity index (χ1) is 14.4. The third-order valence-electron chi connectivity index (χ3n) is 12.2. The molecule has 0 aromatic heterocycles. The van der Waals surface area contributed by atoms with Crippen molar-refractivity contribution in [3.05, 3.63) is 24.3 Å². The van der Waals surface area contributed by atoms with Crippen LogP contribution < -0.4 is 0 Å². The van der Waals surface area contributed by atoms with E-state index in [4.69, 9.17) is 0 Å². The van der Waals surface area contributed by atoms with E-state index in [9.17, 15) is 5.11 Å². The molecule has 1 nitrogen and oxygen atoms in total. The topological polar surface area (TPSA) is 20.2 Å². The molecule has 0 heterocycles. The van der Waals surface area contributed by atoms with Crippen molar-refractivity contribution >= 4 is 0 Å². The molecular weight excluding hydrogens is 376 g/mol. The Morgan fingerprint density at radius 1 is 0.839 bits per heavy atom. The molecule has 0 radical (unpaired) electrons. The Kier molecular flexibility index (Phi) is 5.90. The maximum Gasteiger partial charge on any atom is 0.0431 e. The summed E-state index contributed by atoms with van der Waals surface area (Å²) in [7, 11) is 0. The van der Waals surface area contributed by atoms with Gasteiger partial charge in [-0.1, -0.05) is 52.0 Å². The number of fused-ring (bicyclic) bond motifs is 5. The molecule has 0 aromatic carbocycles. The van der Waals surface area contributed by atoms with E-state index in [2.05, 4.69) is 54.7 Å². The van der Waals surface area contributed by atoms with Crippen molar-refractivity contribution in [2.45, 2.75) is 106 Å². The third-order valence-corrected chi connectivity index (χ3v) is 12.2. The van der Waals surface area contributed by atoms with Gasteiger partial charge in [0.15, 0.2) is 0 Å².